The maximum atomic E-state index is 7.19. The Balaban J connectivity index is 3.93. The average molecular weight is 127 g/mol. The molecule has 0 aromatic heterocycles. The molecule has 3 nitrogen and oxygen atoms in total. The van der Waals surface area contributed by atoms with E-state index in [1.165, 1.54) is 0 Å². The zero-order valence-electron chi connectivity index (χ0n) is 5.81. The van der Waals surface area contributed by atoms with Crippen molar-refractivity contribution in [2.75, 3.05) is 0 Å². The molecular weight excluding hydrogens is 114 g/mol. The molecule has 3 heteroatoms. The summed E-state index contributed by atoms with van der Waals surface area (Å²) in [5.74, 6) is 0. The molecule has 0 rings (SSSR count). The number of rotatable bonds is 2. The van der Waals surface area contributed by atoms with E-state index in [0.717, 1.165) is 0 Å². The summed E-state index contributed by atoms with van der Waals surface area (Å²) in [5.41, 5.74) is 11.6. The lowest BCUT2D eigenvalue weighted by Gasteiger charge is -2.00. The molecule has 0 fully saturated rings. The topological polar surface area (TPSA) is 75.9 Å². The van der Waals surface area contributed by atoms with Crippen molar-refractivity contribution in [3.8, 4) is 0 Å². The quantitative estimate of drug-likeness (QED) is 0.464. The van der Waals surface area contributed by atoms with Gasteiger partial charge in [0.15, 0.2) is 0 Å². The Hall–Kier alpha value is -0.830. The Bertz CT molecular complexity index is 131. The summed E-state index contributed by atoms with van der Waals surface area (Å²) < 4.78 is 0. The number of nitrogens with one attached hydrogen (secondary N) is 1. The van der Waals surface area contributed by atoms with Gasteiger partial charge < -0.3 is 16.9 Å². The molecule has 0 saturated heterocycles. The molecule has 0 radical (unpaired) electrons. The highest BCUT2D eigenvalue weighted by molar-refractivity contribution is 5.96. The third-order valence-electron chi connectivity index (χ3n) is 0.874. The van der Waals surface area contributed by atoms with E-state index in [1.54, 1.807) is 19.9 Å². The minimum atomic E-state index is -0.219. The smallest absolute Gasteiger partial charge is 0.0495 e. The Kier molecular flexibility index (Phi) is 2.95. The normalized spacial score (nSPS) is 15.2. The third-order valence-corrected chi connectivity index (χ3v) is 0.874. The number of hydrogen-bond donors (Lipinski definition) is 3. The first-order valence-electron chi connectivity index (χ1n) is 2.82. The second-order valence-electron chi connectivity index (χ2n) is 2.13. The largest absolute Gasteiger partial charge is 0.402 e. The molecule has 0 saturated carbocycles. The van der Waals surface area contributed by atoms with Gasteiger partial charge in [0.2, 0.25) is 0 Å². The van der Waals surface area contributed by atoms with E-state index in [4.69, 9.17) is 16.9 Å². The fourth-order valence-corrected chi connectivity index (χ4v) is 0.377. The molecule has 0 amide bonds. The van der Waals surface area contributed by atoms with Crippen LogP contribution < -0.4 is 11.5 Å². The van der Waals surface area contributed by atoms with Gasteiger partial charge in [-0.15, -0.1) is 0 Å². The second kappa shape index (κ2) is 3.25. The van der Waals surface area contributed by atoms with E-state index in [0.29, 0.717) is 11.4 Å². The lowest BCUT2D eigenvalue weighted by atomic mass is 10.2. The molecule has 0 spiro atoms. The highest BCUT2D eigenvalue weighted by atomic mass is 14.7. The molecule has 1 atom stereocenters. The van der Waals surface area contributed by atoms with Crippen LogP contribution in [0.3, 0.4) is 0 Å². The SMILES string of the molecule is C/C(N)=C/C(=N)C(C)N. The van der Waals surface area contributed by atoms with E-state index < -0.39 is 0 Å². The van der Waals surface area contributed by atoms with E-state index in [9.17, 15) is 0 Å². The summed E-state index contributed by atoms with van der Waals surface area (Å²) >= 11 is 0. The van der Waals surface area contributed by atoms with Gasteiger partial charge in [-0.05, 0) is 19.9 Å². The summed E-state index contributed by atoms with van der Waals surface area (Å²) in [5, 5.41) is 7.19. The third kappa shape index (κ3) is 3.73. The first-order valence-corrected chi connectivity index (χ1v) is 2.82. The standard InChI is InChI=1S/C6H13N3/c1-4(7)3-6(9)5(2)8/h3,5,9H,7-8H2,1-2H3/b4-3-,9-6?. The monoisotopic (exact) mass is 127 g/mol. The van der Waals surface area contributed by atoms with E-state index in [1.807, 2.05) is 0 Å². The Morgan fingerprint density at radius 1 is 1.67 bits per heavy atom. The minimum Gasteiger partial charge on any atom is -0.402 e. The van der Waals surface area contributed by atoms with Crippen LogP contribution in [0.25, 0.3) is 0 Å². The second-order valence-corrected chi connectivity index (χ2v) is 2.13. The van der Waals surface area contributed by atoms with Crippen LogP contribution in [-0.4, -0.2) is 11.8 Å². The predicted molar refractivity (Wildman–Crippen MR) is 39.3 cm³/mol. The van der Waals surface area contributed by atoms with Crippen LogP contribution in [0.4, 0.5) is 0 Å². The van der Waals surface area contributed by atoms with Crippen LogP contribution in [0.5, 0.6) is 0 Å². The Morgan fingerprint density at radius 3 is 2.22 bits per heavy atom. The fourth-order valence-electron chi connectivity index (χ4n) is 0.377. The molecule has 0 aromatic carbocycles. The van der Waals surface area contributed by atoms with Crippen LogP contribution in [0.1, 0.15) is 13.8 Å². The summed E-state index contributed by atoms with van der Waals surface area (Å²) in [6.45, 7) is 3.48. The van der Waals surface area contributed by atoms with Crippen LogP contribution in [-0.2, 0) is 0 Å². The summed E-state index contributed by atoms with van der Waals surface area (Å²) in [6.07, 6.45) is 1.56. The molecule has 1 unspecified atom stereocenters. The first-order chi connectivity index (χ1) is 4.04. The van der Waals surface area contributed by atoms with Crippen molar-refractivity contribution in [1.29, 1.82) is 5.41 Å². The maximum Gasteiger partial charge on any atom is 0.0495 e. The summed E-state index contributed by atoms with van der Waals surface area (Å²) in [6, 6.07) is -0.219. The molecule has 5 N–H and O–H groups in total. The Labute approximate surface area is 55.2 Å². The van der Waals surface area contributed by atoms with Crippen LogP contribution in [0.15, 0.2) is 11.8 Å². The lowest BCUT2D eigenvalue weighted by molar-refractivity contribution is 0.968. The Morgan fingerprint density at radius 2 is 2.11 bits per heavy atom. The van der Waals surface area contributed by atoms with Crippen molar-refractivity contribution in [2.45, 2.75) is 19.9 Å². The zero-order chi connectivity index (χ0) is 7.44. The van der Waals surface area contributed by atoms with Gasteiger partial charge in [-0.1, -0.05) is 0 Å². The molecule has 0 bridgehead atoms. The maximum absolute atomic E-state index is 7.19. The average Bonchev–Trinajstić information content (AvgIpc) is 1.63. The van der Waals surface area contributed by atoms with Gasteiger partial charge in [-0.3, -0.25) is 0 Å². The molecular formula is C6H13N3. The van der Waals surface area contributed by atoms with Gasteiger partial charge in [0.05, 0.1) is 0 Å². The molecule has 0 aliphatic carbocycles. The van der Waals surface area contributed by atoms with Gasteiger partial charge in [0.25, 0.3) is 0 Å². The molecule has 0 heterocycles. The van der Waals surface area contributed by atoms with E-state index >= 15 is 0 Å². The first kappa shape index (κ1) is 8.17. The minimum absolute atomic E-state index is 0.219. The number of nitrogens with two attached hydrogens (primary N) is 2. The van der Waals surface area contributed by atoms with Crippen LogP contribution in [0, 0.1) is 5.41 Å². The summed E-state index contributed by atoms with van der Waals surface area (Å²) in [4.78, 5) is 0. The van der Waals surface area contributed by atoms with Gasteiger partial charge in [-0.25, -0.2) is 0 Å². The van der Waals surface area contributed by atoms with Gasteiger partial charge >= 0.3 is 0 Å². The van der Waals surface area contributed by atoms with E-state index in [-0.39, 0.29) is 6.04 Å². The van der Waals surface area contributed by atoms with Crippen molar-refractivity contribution >= 4 is 5.71 Å². The molecule has 9 heavy (non-hydrogen) atoms. The van der Waals surface area contributed by atoms with Gasteiger partial charge in [0.1, 0.15) is 0 Å². The zero-order valence-corrected chi connectivity index (χ0v) is 5.81. The highest BCUT2D eigenvalue weighted by Crippen LogP contribution is 1.86. The van der Waals surface area contributed by atoms with Crippen molar-refractivity contribution < 1.29 is 0 Å². The van der Waals surface area contributed by atoms with Crippen molar-refractivity contribution in [3.63, 3.8) is 0 Å². The van der Waals surface area contributed by atoms with Crippen LogP contribution >= 0.6 is 0 Å². The van der Waals surface area contributed by atoms with Gasteiger partial charge in [-0.2, -0.15) is 0 Å². The van der Waals surface area contributed by atoms with Gasteiger partial charge in [0, 0.05) is 17.5 Å². The number of allylic oxidation sites excluding steroid dienone is 1. The van der Waals surface area contributed by atoms with E-state index in [2.05, 4.69) is 0 Å². The van der Waals surface area contributed by atoms with Crippen molar-refractivity contribution in [2.24, 2.45) is 11.5 Å². The lowest BCUT2D eigenvalue weighted by Crippen LogP contribution is -2.24. The molecule has 0 aromatic rings. The predicted octanol–water partition coefficient (Wildman–Crippen LogP) is 0.216. The molecule has 52 valence electrons. The molecule has 0 aliphatic heterocycles. The van der Waals surface area contributed by atoms with Crippen LogP contribution in [0.2, 0.25) is 0 Å². The number of hydrogen-bond acceptors (Lipinski definition) is 3. The van der Waals surface area contributed by atoms with Crippen molar-refractivity contribution in [1.82, 2.24) is 0 Å². The fraction of sp³-hybridized carbons (Fsp3) is 0.500. The molecule has 0 aliphatic rings. The highest BCUT2D eigenvalue weighted by Gasteiger charge is 1.96. The summed E-state index contributed by atoms with van der Waals surface area (Å²) in [7, 11) is 0. The van der Waals surface area contributed by atoms with Crippen molar-refractivity contribution in [3.05, 3.63) is 11.8 Å².